The molecule has 12 rings (SSSR count). The van der Waals surface area contributed by atoms with Gasteiger partial charge in [0.15, 0.2) is 0 Å². The van der Waals surface area contributed by atoms with Crippen molar-refractivity contribution < 1.29 is 0 Å². The second-order valence-corrected chi connectivity index (χ2v) is 20.0. The van der Waals surface area contributed by atoms with Crippen molar-refractivity contribution in [2.45, 2.75) is 46.0 Å². The van der Waals surface area contributed by atoms with Crippen LogP contribution in [0.1, 0.15) is 51.7 Å². The molecule has 2 nitrogen and oxygen atoms in total. The second kappa shape index (κ2) is 16.8. The lowest BCUT2D eigenvalue weighted by atomic mass is 9.84. The van der Waals surface area contributed by atoms with E-state index in [1.165, 1.54) is 87.2 Å². The van der Waals surface area contributed by atoms with Crippen LogP contribution < -0.4 is 9.80 Å². The Balaban J connectivity index is 1.23. The second-order valence-electron chi connectivity index (χ2n) is 20.0. The lowest BCUT2D eigenvalue weighted by Gasteiger charge is -2.31. The van der Waals surface area contributed by atoms with Crippen LogP contribution in [0.2, 0.25) is 0 Å². The van der Waals surface area contributed by atoms with E-state index in [9.17, 15) is 0 Å². The van der Waals surface area contributed by atoms with E-state index >= 15 is 0 Å². The molecule has 12 aromatic carbocycles. The number of fused-ring (bicyclic) bond motifs is 2. The van der Waals surface area contributed by atoms with Gasteiger partial charge in [0.05, 0.1) is 11.4 Å². The Bertz CT molecular complexity index is 3830. The predicted octanol–water partition coefficient (Wildman–Crippen LogP) is 19.6. The Labute approximate surface area is 405 Å². The van der Waals surface area contributed by atoms with Crippen LogP contribution in [0.15, 0.2) is 231 Å². The molecule has 69 heavy (non-hydrogen) atoms. The minimum absolute atomic E-state index is 0.0247. The average Bonchev–Trinajstić information content (AvgIpc) is 3.39. The highest BCUT2D eigenvalue weighted by atomic mass is 15.1. The van der Waals surface area contributed by atoms with Gasteiger partial charge in [0.25, 0.3) is 0 Å². The lowest BCUT2D eigenvalue weighted by molar-refractivity contribution is 0.590. The fraction of sp³-hybridized carbons (Fsp3) is 0.104. The minimum atomic E-state index is 0.0247. The van der Waals surface area contributed by atoms with Crippen LogP contribution in [0.3, 0.4) is 0 Å². The molecule has 0 aliphatic heterocycles. The van der Waals surface area contributed by atoms with Crippen molar-refractivity contribution >= 4 is 88.0 Å². The van der Waals surface area contributed by atoms with Gasteiger partial charge >= 0.3 is 0 Å². The first kappa shape index (κ1) is 42.2. The average molecular weight is 887 g/mol. The van der Waals surface area contributed by atoms with Crippen molar-refractivity contribution in [1.29, 1.82) is 0 Å². The van der Waals surface area contributed by atoms with Crippen LogP contribution in [0.4, 0.5) is 34.1 Å². The highest BCUT2D eigenvalue weighted by molar-refractivity contribution is 6.32. The fourth-order valence-electron chi connectivity index (χ4n) is 10.6. The van der Waals surface area contributed by atoms with Gasteiger partial charge in [-0.05, 0) is 150 Å². The molecule has 0 atom stereocenters. The van der Waals surface area contributed by atoms with Crippen molar-refractivity contribution in [2.75, 3.05) is 9.80 Å². The normalized spacial score (nSPS) is 12.0. The number of hydrogen-bond donors (Lipinski definition) is 0. The molecular weight excluding hydrogens is 833 g/mol. The van der Waals surface area contributed by atoms with E-state index in [4.69, 9.17) is 0 Å². The molecule has 0 spiro atoms. The summed E-state index contributed by atoms with van der Waals surface area (Å²) < 4.78 is 0. The first-order valence-corrected chi connectivity index (χ1v) is 24.4. The van der Waals surface area contributed by atoms with Crippen molar-refractivity contribution in [3.63, 3.8) is 0 Å². The van der Waals surface area contributed by atoms with Gasteiger partial charge in [-0.25, -0.2) is 0 Å². The van der Waals surface area contributed by atoms with Crippen molar-refractivity contribution in [3.05, 3.63) is 242 Å². The van der Waals surface area contributed by atoms with Crippen LogP contribution >= 0.6 is 0 Å². The monoisotopic (exact) mass is 886 g/mol. The molecule has 0 N–H and O–H groups in total. The molecule has 0 bridgehead atoms. The first-order valence-electron chi connectivity index (χ1n) is 24.4. The van der Waals surface area contributed by atoms with Crippen molar-refractivity contribution in [1.82, 2.24) is 0 Å². The van der Waals surface area contributed by atoms with Gasteiger partial charge in [-0.1, -0.05) is 192 Å². The Morgan fingerprint density at radius 2 is 0.710 bits per heavy atom. The molecule has 0 unspecified atom stereocenters. The zero-order chi connectivity index (χ0) is 46.8. The van der Waals surface area contributed by atoms with Crippen LogP contribution in [-0.2, 0) is 5.41 Å². The molecule has 0 aliphatic rings. The Kier molecular flexibility index (Phi) is 10.3. The molecule has 0 amide bonds. The highest BCUT2D eigenvalue weighted by Gasteiger charge is 2.26. The summed E-state index contributed by atoms with van der Waals surface area (Å²) in [6, 6.07) is 86.0. The quantitative estimate of drug-likeness (QED) is 0.133. The Morgan fingerprint density at radius 1 is 0.333 bits per heavy atom. The van der Waals surface area contributed by atoms with Crippen molar-refractivity contribution in [3.8, 4) is 22.3 Å². The summed E-state index contributed by atoms with van der Waals surface area (Å²) in [4.78, 5) is 4.94. The van der Waals surface area contributed by atoms with Crippen LogP contribution in [-0.4, -0.2) is 0 Å². The molecule has 0 heterocycles. The molecule has 0 saturated heterocycles. The molecule has 332 valence electrons. The van der Waals surface area contributed by atoms with E-state index < -0.39 is 0 Å². The number of anilines is 6. The predicted molar refractivity (Wildman–Crippen MR) is 298 cm³/mol. The standard InChI is InChI=1S/C67H54N2/c1-44(2)45-28-32-55(33-29-45)68(53-20-8-6-9-21-53)63-42-61(50-26-24-46-16-12-14-18-48(46)40-50)57-37-39-60-64(69(54-22-10-7-11-23-54)56-34-30-52(31-35-56)67(3,4)5)43-62(58-36-38-59(63)65(57)66(58)60)51-27-25-47-17-13-15-19-49(47)41-51/h6-44H,1-5H3. The summed E-state index contributed by atoms with van der Waals surface area (Å²) in [5.74, 6) is 0.427. The Hall–Kier alpha value is -8.20. The molecular formula is C67H54N2. The third-order valence-corrected chi connectivity index (χ3v) is 14.3. The summed E-state index contributed by atoms with van der Waals surface area (Å²) in [6.07, 6.45) is 0. The van der Waals surface area contributed by atoms with Crippen LogP contribution in [0, 0.1) is 0 Å². The van der Waals surface area contributed by atoms with Gasteiger partial charge in [-0.15, -0.1) is 0 Å². The number of rotatable bonds is 9. The van der Waals surface area contributed by atoms with E-state index in [2.05, 4.69) is 275 Å². The van der Waals surface area contributed by atoms with Crippen molar-refractivity contribution in [2.24, 2.45) is 0 Å². The zero-order valence-corrected chi connectivity index (χ0v) is 39.9. The van der Waals surface area contributed by atoms with Crippen LogP contribution in [0.25, 0.3) is 76.1 Å². The summed E-state index contributed by atoms with van der Waals surface area (Å²) >= 11 is 0. The largest absolute Gasteiger partial charge is 0.310 e. The topological polar surface area (TPSA) is 6.48 Å². The van der Waals surface area contributed by atoms with Gasteiger partial charge in [-0.3, -0.25) is 0 Å². The fourth-order valence-corrected chi connectivity index (χ4v) is 10.6. The summed E-state index contributed by atoms with van der Waals surface area (Å²) in [5, 5.41) is 12.3. The summed E-state index contributed by atoms with van der Waals surface area (Å²) in [5.41, 5.74) is 14.2. The lowest BCUT2D eigenvalue weighted by Crippen LogP contribution is -2.14. The van der Waals surface area contributed by atoms with E-state index in [0.29, 0.717) is 5.92 Å². The Morgan fingerprint density at radius 3 is 1.13 bits per heavy atom. The van der Waals surface area contributed by atoms with Gasteiger partial charge in [0.2, 0.25) is 0 Å². The zero-order valence-electron chi connectivity index (χ0n) is 39.9. The van der Waals surface area contributed by atoms with Crippen LogP contribution in [0.5, 0.6) is 0 Å². The minimum Gasteiger partial charge on any atom is -0.310 e. The maximum Gasteiger partial charge on any atom is 0.0546 e. The number of para-hydroxylation sites is 2. The molecule has 0 aliphatic carbocycles. The molecule has 12 aromatic rings. The maximum atomic E-state index is 2.47. The van der Waals surface area contributed by atoms with E-state index in [0.717, 1.165) is 34.1 Å². The summed E-state index contributed by atoms with van der Waals surface area (Å²) in [6.45, 7) is 11.4. The number of hydrogen-bond acceptors (Lipinski definition) is 2. The smallest absolute Gasteiger partial charge is 0.0546 e. The molecule has 0 radical (unpaired) electrons. The van der Waals surface area contributed by atoms with E-state index in [-0.39, 0.29) is 5.41 Å². The first-order chi connectivity index (χ1) is 33.7. The molecule has 0 fully saturated rings. The molecule has 0 aromatic heterocycles. The third kappa shape index (κ3) is 7.45. The van der Waals surface area contributed by atoms with Gasteiger partial charge < -0.3 is 9.80 Å². The number of benzene rings is 12. The van der Waals surface area contributed by atoms with E-state index in [1.807, 2.05) is 0 Å². The SMILES string of the molecule is CC(C)c1ccc(N(c2ccccc2)c2cc(-c3ccc4ccccc4c3)c3ccc4c(N(c5ccccc5)c5ccc(C(C)(C)C)cc5)cc(-c5ccc6ccccc6c5)c5ccc2c3c54)cc1. The summed E-state index contributed by atoms with van der Waals surface area (Å²) in [7, 11) is 0. The molecule has 2 heteroatoms. The van der Waals surface area contributed by atoms with Gasteiger partial charge in [-0.2, -0.15) is 0 Å². The highest BCUT2D eigenvalue weighted by Crippen LogP contribution is 2.52. The number of nitrogens with zero attached hydrogens (tertiary/aromatic N) is 2. The van der Waals surface area contributed by atoms with E-state index in [1.54, 1.807) is 0 Å². The third-order valence-electron chi connectivity index (χ3n) is 14.3. The van der Waals surface area contributed by atoms with Gasteiger partial charge in [0.1, 0.15) is 0 Å². The maximum absolute atomic E-state index is 2.47. The molecule has 0 saturated carbocycles. The van der Waals surface area contributed by atoms with Gasteiger partial charge in [0, 0.05) is 44.3 Å².